The van der Waals surface area contributed by atoms with Crippen molar-refractivity contribution < 1.29 is 14.3 Å². The molecule has 0 atom stereocenters. The van der Waals surface area contributed by atoms with E-state index < -0.39 is 5.97 Å². The van der Waals surface area contributed by atoms with Gasteiger partial charge in [0.15, 0.2) is 0 Å². The number of anilines is 3. The third kappa shape index (κ3) is 4.60. The highest BCUT2D eigenvalue weighted by Crippen LogP contribution is 2.25. The van der Waals surface area contributed by atoms with Crippen LogP contribution in [0.2, 0.25) is 0 Å². The van der Waals surface area contributed by atoms with Gasteiger partial charge in [-0.3, -0.25) is 4.79 Å². The number of carbonyl (C=O) groups is 2. The number of benzene rings is 2. The fourth-order valence-corrected chi connectivity index (χ4v) is 3.05. The van der Waals surface area contributed by atoms with E-state index in [1.807, 2.05) is 36.9 Å². The minimum Gasteiger partial charge on any atom is -0.465 e. The molecule has 1 aromatic heterocycles. The largest absolute Gasteiger partial charge is 0.465 e. The molecule has 29 heavy (non-hydrogen) atoms. The standard InChI is InChI=1S/C23H23N3O3/c1-4-26(18-9-7-8-16(2)14-18)21-15-17(12-13-24-21)22(27)25-20-11-6-5-10-19(20)23(28)29-3/h5-15H,4H2,1-3H3,(H,25,27). The van der Waals surface area contributed by atoms with Crippen LogP contribution in [0.1, 0.15) is 33.2 Å². The smallest absolute Gasteiger partial charge is 0.339 e. The van der Waals surface area contributed by atoms with E-state index in [1.165, 1.54) is 7.11 Å². The maximum Gasteiger partial charge on any atom is 0.339 e. The molecule has 1 N–H and O–H groups in total. The average molecular weight is 389 g/mol. The molecule has 0 aliphatic heterocycles. The van der Waals surface area contributed by atoms with Crippen LogP contribution in [-0.4, -0.2) is 30.5 Å². The quantitative estimate of drug-likeness (QED) is 0.625. The molecule has 0 aliphatic rings. The zero-order chi connectivity index (χ0) is 20.8. The normalized spacial score (nSPS) is 10.3. The lowest BCUT2D eigenvalue weighted by molar-refractivity contribution is 0.0602. The summed E-state index contributed by atoms with van der Waals surface area (Å²) in [4.78, 5) is 31.2. The van der Waals surface area contributed by atoms with Gasteiger partial charge in [0.1, 0.15) is 5.82 Å². The molecule has 3 rings (SSSR count). The zero-order valence-corrected chi connectivity index (χ0v) is 16.7. The molecule has 0 fully saturated rings. The predicted molar refractivity (Wildman–Crippen MR) is 114 cm³/mol. The minimum atomic E-state index is -0.507. The van der Waals surface area contributed by atoms with E-state index in [4.69, 9.17) is 4.74 Å². The van der Waals surface area contributed by atoms with Gasteiger partial charge in [0.05, 0.1) is 18.4 Å². The second kappa shape index (κ2) is 9.01. The molecule has 0 unspecified atom stereocenters. The van der Waals surface area contributed by atoms with Crippen LogP contribution in [0.5, 0.6) is 0 Å². The molecule has 0 spiro atoms. The summed E-state index contributed by atoms with van der Waals surface area (Å²) in [5.41, 5.74) is 3.30. The van der Waals surface area contributed by atoms with Crippen LogP contribution in [-0.2, 0) is 4.74 Å². The number of hydrogen-bond acceptors (Lipinski definition) is 5. The van der Waals surface area contributed by atoms with Crippen LogP contribution >= 0.6 is 0 Å². The second-order valence-electron chi connectivity index (χ2n) is 6.48. The van der Waals surface area contributed by atoms with Crippen LogP contribution in [0, 0.1) is 6.92 Å². The first kappa shape index (κ1) is 20.1. The van der Waals surface area contributed by atoms with Gasteiger partial charge in [0, 0.05) is 24.0 Å². The first-order chi connectivity index (χ1) is 14.0. The van der Waals surface area contributed by atoms with Crippen molar-refractivity contribution >= 4 is 29.1 Å². The number of esters is 1. The van der Waals surface area contributed by atoms with Crippen molar-refractivity contribution in [3.8, 4) is 0 Å². The fourth-order valence-electron chi connectivity index (χ4n) is 3.05. The average Bonchev–Trinajstić information content (AvgIpc) is 2.74. The summed E-state index contributed by atoms with van der Waals surface area (Å²) in [5, 5.41) is 2.79. The molecule has 0 aliphatic carbocycles. The molecule has 0 saturated heterocycles. The maximum absolute atomic E-state index is 12.8. The van der Waals surface area contributed by atoms with Crippen LogP contribution < -0.4 is 10.2 Å². The Balaban J connectivity index is 1.88. The Labute approximate surface area is 170 Å². The van der Waals surface area contributed by atoms with Crippen molar-refractivity contribution in [2.45, 2.75) is 13.8 Å². The molecule has 0 saturated carbocycles. The zero-order valence-electron chi connectivity index (χ0n) is 16.7. The second-order valence-corrected chi connectivity index (χ2v) is 6.48. The fraction of sp³-hybridized carbons (Fsp3) is 0.174. The summed E-state index contributed by atoms with van der Waals surface area (Å²) in [7, 11) is 1.31. The molecule has 6 nitrogen and oxygen atoms in total. The van der Waals surface area contributed by atoms with Crippen molar-refractivity contribution in [3.05, 3.63) is 83.6 Å². The Morgan fingerprint density at radius 3 is 2.59 bits per heavy atom. The molecule has 1 heterocycles. The number of para-hydroxylation sites is 1. The van der Waals surface area contributed by atoms with Crippen LogP contribution in [0.3, 0.4) is 0 Å². The molecule has 2 aromatic carbocycles. The molecular weight excluding hydrogens is 366 g/mol. The van der Waals surface area contributed by atoms with Crippen molar-refractivity contribution in [2.75, 3.05) is 23.9 Å². The number of aromatic nitrogens is 1. The Morgan fingerprint density at radius 2 is 1.86 bits per heavy atom. The number of rotatable bonds is 6. The lowest BCUT2D eigenvalue weighted by Gasteiger charge is -2.23. The van der Waals surface area contributed by atoms with Gasteiger partial charge in [-0.25, -0.2) is 9.78 Å². The monoisotopic (exact) mass is 389 g/mol. The summed E-state index contributed by atoms with van der Waals surface area (Å²) in [6.45, 7) is 4.77. The van der Waals surface area contributed by atoms with Crippen LogP contribution in [0.4, 0.5) is 17.2 Å². The topological polar surface area (TPSA) is 71.5 Å². The first-order valence-electron chi connectivity index (χ1n) is 9.32. The van der Waals surface area contributed by atoms with Gasteiger partial charge in [-0.2, -0.15) is 0 Å². The van der Waals surface area contributed by atoms with E-state index >= 15 is 0 Å². The number of nitrogens with one attached hydrogen (secondary N) is 1. The number of nitrogens with zero attached hydrogens (tertiary/aromatic N) is 2. The van der Waals surface area contributed by atoms with E-state index in [0.717, 1.165) is 11.3 Å². The Hall–Kier alpha value is -3.67. The van der Waals surface area contributed by atoms with Gasteiger partial charge < -0.3 is 15.0 Å². The molecule has 1 amide bonds. The number of pyridine rings is 1. The molecule has 3 aromatic rings. The highest BCUT2D eigenvalue weighted by Gasteiger charge is 2.16. The van der Waals surface area contributed by atoms with E-state index in [1.54, 1.807) is 42.6 Å². The Kier molecular flexibility index (Phi) is 6.24. The lowest BCUT2D eigenvalue weighted by Crippen LogP contribution is -2.19. The maximum atomic E-state index is 12.8. The van der Waals surface area contributed by atoms with Gasteiger partial charge in [0.25, 0.3) is 5.91 Å². The third-order valence-corrected chi connectivity index (χ3v) is 4.49. The Morgan fingerprint density at radius 1 is 1.07 bits per heavy atom. The van der Waals surface area contributed by atoms with E-state index in [9.17, 15) is 9.59 Å². The number of aryl methyl sites for hydroxylation is 1. The highest BCUT2D eigenvalue weighted by molar-refractivity contribution is 6.08. The lowest BCUT2D eigenvalue weighted by atomic mass is 10.1. The van der Waals surface area contributed by atoms with Gasteiger partial charge in [-0.05, 0) is 55.8 Å². The Bertz CT molecular complexity index is 1030. The number of amides is 1. The van der Waals surface area contributed by atoms with Crippen molar-refractivity contribution in [2.24, 2.45) is 0 Å². The van der Waals surface area contributed by atoms with Crippen LogP contribution in [0.25, 0.3) is 0 Å². The number of hydrogen-bond donors (Lipinski definition) is 1. The number of methoxy groups -OCH3 is 1. The van der Waals surface area contributed by atoms with Crippen molar-refractivity contribution in [1.82, 2.24) is 4.98 Å². The summed E-state index contributed by atoms with van der Waals surface area (Å²) >= 11 is 0. The highest BCUT2D eigenvalue weighted by atomic mass is 16.5. The van der Waals surface area contributed by atoms with Crippen LogP contribution in [0.15, 0.2) is 66.9 Å². The minimum absolute atomic E-state index is 0.299. The third-order valence-electron chi connectivity index (χ3n) is 4.49. The van der Waals surface area contributed by atoms with E-state index in [2.05, 4.69) is 16.4 Å². The number of carbonyl (C=O) groups excluding carboxylic acids is 2. The summed E-state index contributed by atoms with van der Waals surface area (Å²) in [6, 6.07) is 18.2. The summed E-state index contributed by atoms with van der Waals surface area (Å²) < 4.78 is 4.78. The van der Waals surface area contributed by atoms with Gasteiger partial charge in [-0.1, -0.05) is 24.3 Å². The first-order valence-corrected chi connectivity index (χ1v) is 9.32. The van der Waals surface area contributed by atoms with E-state index in [-0.39, 0.29) is 5.91 Å². The van der Waals surface area contributed by atoms with Crippen molar-refractivity contribution in [3.63, 3.8) is 0 Å². The predicted octanol–water partition coefficient (Wildman–Crippen LogP) is 4.59. The summed E-state index contributed by atoms with van der Waals surface area (Å²) in [6.07, 6.45) is 1.61. The SMILES string of the molecule is CCN(c1cccc(C)c1)c1cc(C(=O)Nc2ccccc2C(=O)OC)ccn1. The van der Waals surface area contributed by atoms with Gasteiger partial charge in [-0.15, -0.1) is 0 Å². The molecule has 0 radical (unpaired) electrons. The van der Waals surface area contributed by atoms with E-state index in [0.29, 0.717) is 29.2 Å². The molecule has 148 valence electrons. The molecular formula is C23H23N3O3. The van der Waals surface area contributed by atoms with Gasteiger partial charge in [0.2, 0.25) is 0 Å². The number of ether oxygens (including phenoxy) is 1. The van der Waals surface area contributed by atoms with Crippen molar-refractivity contribution in [1.29, 1.82) is 0 Å². The van der Waals surface area contributed by atoms with Gasteiger partial charge >= 0.3 is 5.97 Å². The summed E-state index contributed by atoms with van der Waals surface area (Å²) in [5.74, 6) is -0.162. The molecule has 0 bridgehead atoms. The molecule has 6 heteroatoms.